The minimum Gasteiger partial charge on any atom is -0.493 e. The number of Topliss-reactive ketones (excluding diaryl/α,β-unsaturated/α-hetero) is 1. The maximum absolute atomic E-state index is 13.0. The standard InChI is InChI=1S/C29H31NO6/c1-18-11-13-23(14-12-18)26(22-9-7-6-8-10-22)20(3)35-29(33)19(2)17-24(32)27-28(36-21(4)31)25(34-5)15-16-30-27/h6-16,19-20,26H,17H2,1-5H3/t19-,20+,26+/m1/s1. The zero-order valence-electron chi connectivity index (χ0n) is 21.2. The summed E-state index contributed by atoms with van der Waals surface area (Å²) in [6.07, 6.45) is 0.739. The van der Waals surface area contributed by atoms with Crippen molar-refractivity contribution < 1.29 is 28.6 Å². The van der Waals surface area contributed by atoms with Gasteiger partial charge in [0.15, 0.2) is 17.2 Å². The molecule has 7 heteroatoms. The number of ketones is 1. The van der Waals surface area contributed by atoms with Crippen molar-refractivity contribution >= 4 is 17.7 Å². The Morgan fingerprint density at radius 3 is 2.17 bits per heavy atom. The second kappa shape index (κ2) is 12.1. The van der Waals surface area contributed by atoms with Gasteiger partial charge in [0.2, 0.25) is 5.75 Å². The van der Waals surface area contributed by atoms with E-state index in [0.717, 1.165) is 16.7 Å². The number of aromatic nitrogens is 1. The van der Waals surface area contributed by atoms with Crippen molar-refractivity contribution in [2.75, 3.05) is 7.11 Å². The highest BCUT2D eigenvalue weighted by atomic mass is 16.6. The van der Waals surface area contributed by atoms with E-state index in [1.54, 1.807) is 6.92 Å². The van der Waals surface area contributed by atoms with Crippen LogP contribution in [0.2, 0.25) is 0 Å². The number of ether oxygens (including phenoxy) is 3. The number of hydrogen-bond acceptors (Lipinski definition) is 7. The number of hydrogen-bond donors (Lipinski definition) is 0. The van der Waals surface area contributed by atoms with Gasteiger partial charge in [-0.2, -0.15) is 0 Å². The highest BCUT2D eigenvalue weighted by Gasteiger charge is 2.29. The summed E-state index contributed by atoms with van der Waals surface area (Å²) in [6, 6.07) is 19.5. The van der Waals surface area contributed by atoms with Crippen molar-refractivity contribution in [3.63, 3.8) is 0 Å². The Bertz CT molecular complexity index is 1210. The summed E-state index contributed by atoms with van der Waals surface area (Å²) in [7, 11) is 1.40. The van der Waals surface area contributed by atoms with E-state index in [1.807, 2.05) is 68.4 Å². The second-order valence-corrected chi connectivity index (χ2v) is 8.75. The van der Waals surface area contributed by atoms with Crippen LogP contribution in [0.4, 0.5) is 0 Å². The fraction of sp³-hybridized carbons (Fsp3) is 0.310. The highest BCUT2D eigenvalue weighted by molar-refractivity contribution is 5.99. The van der Waals surface area contributed by atoms with Gasteiger partial charge in [0.05, 0.1) is 13.0 Å². The number of aryl methyl sites for hydroxylation is 1. The molecule has 0 N–H and O–H groups in total. The average Bonchev–Trinajstić information content (AvgIpc) is 2.85. The average molecular weight is 490 g/mol. The molecule has 0 aliphatic heterocycles. The van der Waals surface area contributed by atoms with E-state index in [0.29, 0.717) is 0 Å². The van der Waals surface area contributed by atoms with Gasteiger partial charge in [0.25, 0.3) is 0 Å². The third-order valence-electron chi connectivity index (χ3n) is 5.86. The van der Waals surface area contributed by atoms with Crippen molar-refractivity contribution in [2.24, 2.45) is 5.92 Å². The minimum absolute atomic E-state index is 0.0602. The molecule has 3 aromatic rings. The first-order chi connectivity index (χ1) is 17.2. The van der Waals surface area contributed by atoms with Gasteiger partial charge in [-0.1, -0.05) is 67.1 Å². The fourth-order valence-electron chi connectivity index (χ4n) is 4.03. The van der Waals surface area contributed by atoms with Crippen LogP contribution in [0, 0.1) is 12.8 Å². The predicted octanol–water partition coefficient (Wildman–Crippen LogP) is 5.30. The molecule has 36 heavy (non-hydrogen) atoms. The van der Waals surface area contributed by atoms with Crippen molar-refractivity contribution in [1.29, 1.82) is 0 Å². The number of benzene rings is 2. The maximum Gasteiger partial charge on any atom is 0.309 e. The van der Waals surface area contributed by atoms with Gasteiger partial charge in [-0.3, -0.25) is 14.4 Å². The van der Waals surface area contributed by atoms with Crippen molar-refractivity contribution in [3.05, 3.63) is 89.2 Å². The quantitative estimate of drug-likeness (QED) is 0.282. The summed E-state index contributed by atoms with van der Waals surface area (Å²) < 4.78 is 16.2. The molecular weight excluding hydrogens is 458 g/mol. The normalized spacial score (nSPS) is 13.2. The molecule has 3 rings (SSSR count). The Hall–Kier alpha value is -4.00. The molecule has 0 spiro atoms. The van der Waals surface area contributed by atoms with Gasteiger partial charge in [0, 0.05) is 31.5 Å². The van der Waals surface area contributed by atoms with Gasteiger partial charge < -0.3 is 14.2 Å². The lowest BCUT2D eigenvalue weighted by Crippen LogP contribution is -2.28. The number of methoxy groups -OCH3 is 1. The van der Waals surface area contributed by atoms with Gasteiger partial charge in [-0.15, -0.1) is 0 Å². The van der Waals surface area contributed by atoms with E-state index in [-0.39, 0.29) is 29.5 Å². The molecule has 0 radical (unpaired) electrons. The lowest BCUT2D eigenvalue weighted by atomic mass is 9.86. The van der Waals surface area contributed by atoms with Crippen LogP contribution >= 0.6 is 0 Å². The first kappa shape index (κ1) is 26.6. The molecule has 0 bridgehead atoms. The maximum atomic E-state index is 13.0. The molecule has 2 aromatic carbocycles. The Labute approximate surface area is 211 Å². The highest BCUT2D eigenvalue weighted by Crippen LogP contribution is 2.33. The lowest BCUT2D eigenvalue weighted by Gasteiger charge is -2.26. The molecule has 0 saturated heterocycles. The molecule has 7 nitrogen and oxygen atoms in total. The summed E-state index contributed by atoms with van der Waals surface area (Å²) in [4.78, 5) is 41.6. The molecule has 0 unspecified atom stereocenters. The van der Waals surface area contributed by atoms with Crippen LogP contribution in [0.5, 0.6) is 11.5 Å². The van der Waals surface area contributed by atoms with Gasteiger partial charge in [-0.25, -0.2) is 4.98 Å². The summed E-state index contributed by atoms with van der Waals surface area (Å²) >= 11 is 0. The van der Waals surface area contributed by atoms with Crippen LogP contribution in [-0.4, -0.2) is 35.9 Å². The van der Waals surface area contributed by atoms with Crippen LogP contribution in [0.1, 0.15) is 60.3 Å². The van der Waals surface area contributed by atoms with Crippen LogP contribution in [0.25, 0.3) is 0 Å². The monoisotopic (exact) mass is 489 g/mol. The van der Waals surface area contributed by atoms with E-state index in [4.69, 9.17) is 14.2 Å². The third-order valence-corrected chi connectivity index (χ3v) is 5.86. The van der Waals surface area contributed by atoms with E-state index >= 15 is 0 Å². The van der Waals surface area contributed by atoms with Gasteiger partial charge in [-0.05, 0) is 25.0 Å². The number of carbonyl (C=O) groups excluding carboxylic acids is 3. The Morgan fingerprint density at radius 2 is 1.56 bits per heavy atom. The lowest BCUT2D eigenvalue weighted by molar-refractivity contribution is -0.153. The Balaban J connectivity index is 1.77. The molecule has 0 fully saturated rings. The van der Waals surface area contributed by atoms with Crippen molar-refractivity contribution in [2.45, 2.75) is 46.1 Å². The SMILES string of the molecule is COc1ccnc(C(=O)C[C@@H](C)C(=O)O[C@@H](C)[C@@H](c2ccccc2)c2ccc(C)cc2)c1OC(C)=O. The number of esters is 2. The second-order valence-electron chi connectivity index (χ2n) is 8.75. The number of carbonyl (C=O) groups is 3. The number of rotatable bonds is 10. The molecule has 0 amide bonds. The molecule has 0 aliphatic carbocycles. The molecule has 1 aromatic heterocycles. The first-order valence-corrected chi connectivity index (χ1v) is 11.8. The van der Waals surface area contributed by atoms with E-state index in [1.165, 1.54) is 26.3 Å². The summed E-state index contributed by atoms with van der Waals surface area (Å²) in [5.74, 6) is -2.34. The van der Waals surface area contributed by atoms with Crippen LogP contribution in [-0.2, 0) is 14.3 Å². The largest absolute Gasteiger partial charge is 0.493 e. The van der Waals surface area contributed by atoms with Crippen molar-refractivity contribution in [3.8, 4) is 11.5 Å². The first-order valence-electron chi connectivity index (χ1n) is 11.8. The molecule has 3 atom stereocenters. The topological polar surface area (TPSA) is 91.8 Å². The molecule has 0 aliphatic rings. The number of nitrogens with zero attached hydrogens (tertiary/aromatic N) is 1. The summed E-state index contributed by atoms with van der Waals surface area (Å²) in [5.41, 5.74) is 3.13. The summed E-state index contributed by atoms with van der Waals surface area (Å²) in [6.45, 7) is 6.72. The number of pyridine rings is 1. The van der Waals surface area contributed by atoms with Crippen LogP contribution in [0.3, 0.4) is 0 Å². The van der Waals surface area contributed by atoms with Gasteiger partial charge >= 0.3 is 11.9 Å². The molecular formula is C29H31NO6. The zero-order chi connectivity index (χ0) is 26.2. The van der Waals surface area contributed by atoms with E-state index in [9.17, 15) is 14.4 Å². The Kier molecular flexibility index (Phi) is 8.95. The minimum atomic E-state index is -0.743. The van der Waals surface area contributed by atoms with Crippen LogP contribution in [0.15, 0.2) is 66.9 Å². The van der Waals surface area contributed by atoms with E-state index in [2.05, 4.69) is 4.98 Å². The van der Waals surface area contributed by atoms with E-state index < -0.39 is 29.7 Å². The van der Waals surface area contributed by atoms with Crippen molar-refractivity contribution in [1.82, 2.24) is 4.98 Å². The molecule has 1 heterocycles. The molecule has 188 valence electrons. The van der Waals surface area contributed by atoms with Gasteiger partial charge in [0.1, 0.15) is 6.10 Å². The predicted molar refractivity (Wildman–Crippen MR) is 135 cm³/mol. The summed E-state index contributed by atoms with van der Waals surface area (Å²) in [5, 5.41) is 0. The smallest absolute Gasteiger partial charge is 0.309 e. The fourth-order valence-corrected chi connectivity index (χ4v) is 4.03. The molecule has 0 saturated carbocycles. The third kappa shape index (κ3) is 6.56. The zero-order valence-corrected chi connectivity index (χ0v) is 21.2. The Morgan fingerprint density at radius 1 is 0.917 bits per heavy atom. The van der Waals surface area contributed by atoms with Crippen LogP contribution < -0.4 is 9.47 Å².